The zero-order chi connectivity index (χ0) is 14.2. The highest BCUT2D eigenvalue weighted by Gasteiger charge is 2.36. The minimum absolute atomic E-state index is 0.144. The Balaban J connectivity index is 1.62. The highest BCUT2D eigenvalue weighted by molar-refractivity contribution is 5.80. The van der Waals surface area contributed by atoms with Gasteiger partial charge < -0.3 is 9.88 Å². The highest BCUT2D eigenvalue weighted by Crippen LogP contribution is 2.35. The Morgan fingerprint density at radius 3 is 2.76 bits per heavy atom. The molecule has 2 heterocycles. The van der Waals surface area contributed by atoms with Crippen molar-refractivity contribution in [1.82, 2.24) is 14.9 Å². The molecule has 2 aromatic rings. The maximum absolute atomic E-state index is 12.7. The van der Waals surface area contributed by atoms with Gasteiger partial charge in [-0.2, -0.15) is 0 Å². The van der Waals surface area contributed by atoms with Crippen LogP contribution in [-0.4, -0.2) is 27.3 Å². The van der Waals surface area contributed by atoms with Crippen LogP contribution >= 0.6 is 0 Å². The van der Waals surface area contributed by atoms with Crippen molar-refractivity contribution in [2.45, 2.75) is 44.6 Å². The third kappa shape index (κ3) is 2.23. The molecule has 0 unspecified atom stereocenters. The van der Waals surface area contributed by atoms with E-state index in [4.69, 9.17) is 4.98 Å². The number of aromatic amines is 1. The van der Waals surface area contributed by atoms with E-state index in [0.29, 0.717) is 5.91 Å². The number of imidazole rings is 1. The van der Waals surface area contributed by atoms with Crippen molar-refractivity contribution < 1.29 is 4.79 Å². The molecule has 4 heteroatoms. The molecule has 2 fully saturated rings. The number of amides is 1. The second-order valence-corrected chi connectivity index (χ2v) is 6.31. The van der Waals surface area contributed by atoms with Gasteiger partial charge in [0.1, 0.15) is 5.82 Å². The summed E-state index contributed by atoms with van der Waals surface area (Å²) < 4.78 is 0. The molecule has 1 aliphatic carbocycles. The van der Waals surface area contributed by atoms with E-state index in [1.165, 1.54) is 12.8 Å². The Hall–Kier alpha value is -1.84. The van der Waals surface area contributed by atoms with E-state index >= 15 is 0 Å². The second kappa shape index (κ2) is 5.17. The van der Waals surface area contributed by atoms with Gasteiger partial charge in [-0.1, -0.05) is 25.0 Å². The molecule has 1 N–H and O–H groups in total. The maximum Gasteiger partial charge on any atom is 0.226 e. The fourth-order valence-corrected chi connectivity index (χ4v) is 3.85. The van der Waals surface area contributed by atoms with Crippen LogP contribution in [0.15, 0.2) is 24.3 Å². The first-order valence-electron chi connectivity index (χ1n) is 8.08. The minimum atomic E-state index is 0.144. The summed E-state index contributed by atoms with van der Waals surface area (Å²) in [6.07, 6.45) is 6.67. The number of rotatable bonds is 2. The summed E-state index contributed by atoms with van der Waals surface area (Å²) in [7, 11) is 0. The molecule has 0 spiro atoms. The summed E-state index contributed by atoms with van der Waals surface area (Å²) in [6.45, 7) is 0.886. The Morgan fingerprint density at radius 2 is 1.95 bits per heavy atom. The monoisotopic (exact) mass is 283 g/mol. The van der Waals surface area contributed by atoms with Gasteiger partial charge in [0.25, 0.3) is 0 Å². The molecule has 1 saturated heterocycles. The van der Waals surface area contributed by atoms with E-state index < -0.39 is 0 Å². The number of aromatic nitrogens is 2. The Kier molecular flexibility index (Phi) is 3.17. The lowest BCUT2D eigenvalue weighted by atomic mass is 10.1. The molecule has 1 atom stereocenters. The molecule has 1 aromatic carbocycles. The van der Waals surface area contributed by atoms with Crippen molar-refractivity contribution in [3.8, 4) is 0 Å². The quantitative estimate of drug-likeness (QED) is 0.918. The maximum atomic E-state index is 12.7. The van der Waals surface area contributed by atoms with Crippen LogP contribution in [0.3, 0.4) is 0 Å². The predicted octanol–water partition coefficient (Wildman–Crippen LogP) is 3.42. The molecule has 1 saturated carbocycles. The molecule has 4 rings (SSSR count). The van der Waals surface area contributed by atoms with Crippen molar-refractivity contribution in [2.75, 3.05) is 6.54 Å². The number of benzene rings is 1. The molecule has 1 aliphatic heterocycles. The summed E-state index contributed by atoms with van der Waals surface area (Å²) in [5.41, 5.74) is 2.06. The molecular weight excluding hydrogens is 262 g/mol. The number of carbonyl (C=O) groups excluding carboxylic acids is 1. The van der Waals surface area contributed by atoms with Gasteiger partial charge in [0.2, 0.25) is 5.91 Å². The topological polar surface area (TPSA) is 49.0 Å². The minimum Gasteiger partial charge on any atom is -0.340 e. The first kappa shape index (κ1) is 12.9. The van der Waals surface area contributed by atoms with E-state index in [-0.39, 0.29) is 12.0 Å². The summed E-state index contributed by atoms with van der Waals surface area (Å²) in [5, 5.41) is 0. The molecule has 21 heavy (non-hydrogen) atoms. The Bertz CT molecular complexity index is 624. The summed E-state index contributed by atoms with van der Waals surface area (Å²) in [4.78, 5) is 22.9. The molecular formula is C17H21N3O. The fraction of sp³-hybridized carbons (Fsp3) is 0.529. The summed E-state index contributed by atoms with van der Waals surface area (Å²) in [5.74, 6) is 1.57. The number of nitrogens with zero attached hydrogens (tertiary/aromatic N) is 2. The SMILES string of the molecule is O=C(C1CCCC1)N1CCC[C@@H]1c1nc2ccccc2[nH]1. The molecule has 110 valence electrons. The number of H-pyrrole nitrogens is 1. The number of likely N-dealkylation sites (tertiary alicyclic amines) is 1. The number of hydrogen-bond donors (Lipinski definition) is 1. The average molecular weight is 283 g/mol. The van der Waals surface area contributed by atoms with Crippen molar-refractivity contribution in [3.63, 3.8) is 0 Å². The van der Waals surface area contributed by atoms with Gasteiger partial charge in [-0.05, 0) is 37.8 Å². The normalized spacial score (nSPS) is 23.2. The number of fused-ring (bicyclic) bond motifs is 1. The van der Waals surface area contributed by atoms with Gasteiger partial charge in [-0.3, -0.25) is 4.79 Å². The predicted molar refractivity (Wildman–Crippen MR) is 81.7 cm³/mol. The van der Waals surface area contributed by atoms with Crippen LogP contribution in [0.25, 0.3) is 11.0 Å². The third-order valence-electron chi connectivity index (χ3n) is 4.96. The zero-order valence-electron chi connectivity index (χ0n) is 12.2. The number of carbonyl (C=O) groups is 1. The molecule has 1 amide bonds. The molecule has 2 aliphatic rings. The standard InChI is InChI=1S/C17H21N3O/c21-17(12-6-1-2-7-12)20-11-5-10-15(20)16-18-13-8-3-4-9-14(13)19-16/h3-4,8-9,12,15H,1-2,5-7,10-11H2,(H,18,19)/t15-/m1/s1. The van der Waals surface area contributed by atoms with Crippen molar-refractivity contribution in [1.29, 1.82) is 0 Å². The fourth-order valence-electron chi connectivity index (χ4n) is 3.85. The zero-order valence-corrected chi connectivity index (χ0v) is 12.2. The van der Waals surface area contributed by atoms with Gasteiger partial charge in [0.05, 0.1) is 17.1 Å². The van der Waals surface area contributed by atoms with Crippen molar-refractivity contribution >= 4 is 16.9 Å². The van der Waals surface area contributed by atoms with E-state index in [2.05, 4.69) is 9.88 Å². The first-order valence-corrected chi connectivity index (χ1v) is 8.08. The lowest BCUT2D eigenvalue weighted by Gasteiger charge is -2.26. The lowest BCUT2D eigenvalue weighted by molar-refractivity contribution is -0.136. The van der Waals surface area contributed by atoms with Crippen LogP contribution < -0.4 is 0 Å². The van der Waals surface area contributed by atoms with E-state index in [0.717, 1.165) is 49.1 Å². The number of para-hydroxylation sites is 2. The third-order valence-corrected chi connectivity index (χ3v) is 4.96. The number of nitrogens with one attached hydrogen (secondary N) is 1. The largest absolute Gasteiger partial charge is 0.340 e. The van der Waals surface area contributed by atoms with Crippen LogP contribution in [0.4, 0.5) is 0 Å². The Labute approximate surface area is 124 Å². The van der Waals surface area contributed by atoms with Gasteiger partial charge in [0, 0.05) is 12.5 Å². The molecule has 1 aromatic heterocycles. The van der Waals surface area contributed by atoms with E-state index in [9.17, 15) is 4.79 Å². The van der Waals surface area contributed by atoms with Crippen LogP contribution in [0, 0.1) is 5.92 Å². The average Bonchev–Trinajstić information content (AvgIpc) is 3.24. The van der Waals surface area contributed by atoms with Crippen LogP contribution in [-0.2, 0) is 4.79 Å². The first-order chi connectivity index (χ1) is 10.3. The summed E-state index contributed by atoms with van der Waals surface area (Å²) >= 11 is 0. The summed E-state index contributed by atoms with van der Waals surface area (Å²) in [6, 6.07) is 8.23. The van der Waals surface area contributed by atoms with Gasteiger partial charge >= 0.3 is 0 Å². The highest BCUT2D eigenvalue weighted by atomic mass is 16.2. The van der Waals surface area contributed by atoms with Gasteiger partial charge in [-0.15, -0.1) is 0 Å². The van der Waals surface area contributed by atoms with Crippen LogP contribution in [0.1, 0.15) is 50.4 Å². The molecule has 4 nitrogen and oxygen atoms in total. The lowest BCUT2D eigenvalue weighted by Crippen LogP contribution is -2.35. The van der Waals surface area contributed by atoms with Crippen molar-refractivity contribution in [3.05, 3.63) is 30.1 Å². The van der Waals surface area contributed by atoms with E-state index in [1.807, 2.05) is 24.3 Å². The van der Waals surface area contributed by atoms with Crippen molar-refractivity contribution in [2.24, 2.45) is 5.92 Å². The van der Waals surface area contributed by atoms with E-state index in [1.54, 1.807) is 0 Å². The number of hydrogen-bond acceptors (Lipinski definition) is 2. The second-order valence-electron chi connectivity index (χ2n) is 6.31. The molecule has 0 bridgehead atoms. The van der Waals surface area contributed by atoms with Gasteiger partial charge in [0.15, 0.2) is 0 Å². The van der Waals surface area contributed by atoms with Crippen LogP contribution in [0.5, 0.6) is 0 Å². The Morgan fingerprint density at radius 1 is 1.14 bits per heavy atom. The van der Waals surface area contributed by atoms with Crippen LogP contribution in [0.2, 0.25) is 0 Å². The smallest absolute Gasteiger partial charge is 0.226 e. The molecule has 0 radical (unpaired) electrons. The van der Waals surface area contributed by atoms with Gasteiger partial charge in [-0.25, -0.2) is 4.98 Å².